The van der Waals surface area contributed by atoms with E-state index in [0.29, 0.717) is 0 Å². The smallest absolute Gasteiger partial charge is 0.424 e. The summed E-state index contributed by atoms with van der Waals surface area (Å²) >= 11 is 0. The number of carbonyl (C=O) groups excluding carboxylic acids is 1. The molecule has 45 heavy (non-hydrogen) atoms. The van der Waals surface area contributed by atoms with Crippen LogP contribution in [0.15, 0.2) is 0 Å². The molecule has 5 aliphatic rings. The van der Waals surface area contributed by atoms with Crippen molar-refractivity contribution in [2.45, 2.75) is 151 Å². The number of hydrogen-bond acceptors (Lipinski definition) is 18. The number of aliphatic hydroxyl groups is 7. The Kier molecular flexibility index (Phi) is 10.6. The molecule has 0 saturated carbocycles. The summed E-state index contributed by atoms with van der Waals surface area (Å²) in [5, 5.41) is 73.3. The second-order valence-electron chi connectivity index (χ2n) is 12.9. The van der Waals surface area contributed by atoms with Crippen molar-refractivity contribution in [1.29, 1.82) is 0 Å². The van der Waals surface area contributed by atoms with Crippen LogP contribution in [0.1, 0.15) is 34.6 Å². The molecule has 0 amide bonds. The molecule has 18 nitrogen and oxygen atoms in total. The Balaban J connectivity index is 1.24. The summed E-state index contributed by atoms with van der Waals surface area (Å²) in [5.74, 6) is 0. The summed E-state index contributed by atoms with van der Waals surface area (Å²) < 4.78 is 56.4. The molecule has 0 spiro atoms. The fourth-order valence-corrected chi connectivity index (χ4v) is 5.84. The van der Waals surface area contributed by atoms with Crippen molar-refractivity contribution in [3.63, 3.8) is 0 Å². The second-order valence-corrected chi connectivity index (χ2v) is 12.9. The van der Waals surface area contributed by atoms with Crippen LogP contribution in [0.3, 0.4) is 0 Å². The molecule has 5 rings (SSSR count). The van der Waals surface area contributed by atoms with E-state index in [9.17, 15) is 40.5 Å². The average Bonchev–Trinajstić information content (AvgIpc) is 3.36. The van der Waals surface area contributed by atoms with Crippen LogP contribution in [0.5, 0.6) is 0 Å². The van der Waals surface area contributed by atoms with Gasteiger partial charge in [-0.2, -0.15) is 0 Å². The maximum atomic E-state index is 12.0. The van der Waals surface area contributed by atoms with Crippen LogP contribution in [0, 0.1) is 0 Å². The first kappa shape index (κ1) is 35.0. The molecule has 5 heterocycles. The third kappa shape index (κ3) is 7.40. The van der Waals surface area contributed by atoms with E-state index in [1.165, 1.54) is 6.92 Å². The minimum atomic E-state index is -1.73. The van der Waals surface area contributed by atoms with Gasteiger partial charge in [-0.3, -0.25) is 0 Å². The van der Waals surface area contributed by atoms with Crippen LogP contribution >= 0.6 is 0 Å². The van der Waals surface area contributed by atoms with Crippen molar-refractivity contribution in [2.75, 3.05) is 13.2 Å². The van der Waals surface area contributed by atoms with E-state index in [4.69, 9.17) is 47.4 Å². The summed E-state index contributed by atoms with van der Waals surface area (Å²) in [7, 11) is 0. The third-order valence-electron chi connectivity index (χ3n) is 8.19. The lowest BCUT2D eigenvalue weighted by molar-refractivity contribution is -0.380. The van der Waals surface area contributed by atoms with Crippen molar-refractivity contribution >= 4 is 6.16 Å². The predicted molar refractivity (Wildman–Crippen MR) is 141 cm³/mol. The van der Waals surface area contributed by atoms with Crippen molar-refractivity contribution in [2.24, 2.45) is 0 Å². The van der Waals surface area contributed by atoms with E-state index in [-0.39, 0.29) is 6.61 Å². The van der Waals surface area contributed by atoms with Gasteiger partial charge < -0.3 is 83.1 Å². The van der Waals surface area contributed by atoms with Gasteiger partial charge >= 0.3 is 6.16 Å². The zero-order valence-electron chi connectivity index (χ0n) is 25.4. The number of ether oxygens (including phenoxy) is 10. The van der Waals surface area contributed by atoms with Gasteiger partial charge in [-0.05, 0) is 34.6 Å². The zero-order valence-corrected chi connectivity index (χ0v) is 25.4. The van der Waals surface area contributed by atoms with E-state index in [1.54, 1.807) is 27.7 Å². The summed E-state index contributed by atoms with van der Waals surface area (Å²) in [6, 6.07) is 0. The molecule has 7 unspecified atom stereocenters. The van der Waals surface area contributed by atoms with E-state index >= 15 is 0 Å². The minimum Gasteiger partial charge on any atom is -0.424 e. The van der Waals surface area contributed by atoms with Gasteiger partial charge in [-0.25, -0.2) is 4.79 Å². The standard InChI is InChI=1S/C27H44O18/c1-8-17(40-23-16(34)19(11(29)7-37-23)41-22-14(32)12(30)10(28)6-36-22)13(31)15(33)24(38-8)42-21-20-18(43-26(35)44-20)9(2)39-25(21)45-27(3,4)5/h8-25,28-34H,6-7H2,1-5H3/t8?,9?,10-,11-,12+,13?,14?,15+,16?,17+,18+,19+,20+,21?,22+,23+,24?,25+/m1/s1. The van der Waals surface area contributed by atoms with Gasteiger partial charge in [-0.15, -0.1) is 0 Å². The first-order valence-electron chi connectivity index (χ1n) is 14.9. The Morgan fingerprint density at radius 2 is 1.13 bits per heavy atom. The lowest BCUT2D eigenvalue weighted by Gasteiger charge is -2.47. The number of fused-ring (bicyclic) bond motifs is 1. The molecule has 0 aromatic carbocycles. The topological polar surface area (TPSA) is 251 Å². The highest BCUT2D eigenvalue weighted by Crippen LogP contribution is 2.37. The average molecular weight is 657 g/mol. The molecular weight excluding hydrogens is 612 g/mol. The molecule has 0 bridgehead atoms. The summed E-state index contributed by atoms with van der Waals surface area (Å²) in [4.78, 5) is 12.0. The Morgan fingerprint density at radius 3 is 1.80 bits per heavy atom. The van der Waals surface area contributed by atoms with Gasteiger partial charge in [-0.1, -0.05) is 0 Å². The van der Waals surface area contributed by atoms with Crippen molar-refractivity contribution in [3.8, 4) is 0 Å². The van der Waals surface area contributed by atoms with E-state index in [0.717, 1.165) is 0 Å². The Labute approximate surface area is 258 Å². The normalized spacial score (nSPS) is 50.9. The van der Waals surface area contributed by atoms with Crippen LogP contribution in [0.4, 0.5) is 4.79 Å². The first-order valence-corrected chi connectivity index (χ1v) is 14.9. The van der Waals surface area contributed by atoms with E-state index in [2.05, 4.69) is 0 Å². The molecule has 0 aromatic heterocycles. The SMILES string of the molecule is CC1OC(OC2[C@H](OC(C)(C)C)OC(C)[C@@H]3OC(=O)O[C@H]23)[C@@H](O)C(O)[C@H]1O[C@@H]1OC[C@@H](O)[C@H](O[C@@H]2OC[C@@H](O)[C@H](O)C2O)C1O. The summed E-state index contributed by atoms with van der Waals surface area (Å²) in [6.45, 7) is 7.79. The van der Waals surface area contributed by atoms with Gasteiger partial charge in [0.15, 0.2) is 43.5 Å². The lowest BCUT2D eigenvalue weighted by Crippen LogP contribution is -2.65. The summed E-state index contributed by atoms with van der Waals surface area (Å²) in [6.07, 6.45) is -24.9. The molecule has 5 fully saturated rings. The van der Waals surface area contributed by atoms with Crippen LogP contribution < -0.4 is 0 Å². The number of rotatable bonds is 7. The van der Waals surface area contributed by atoms with Gasteiger partial charge in [0.1, 0.15) is 54.9 Å². The maximum absolute atomic E-state index is 12.0. The minimum absolute atomic E-state index is 0.367. The highest BCUT2D eigenvalue weighted by molar-refractivity contribution is 5.63. The molecule has 5 aliphatic heterocycles. The van der Waals surface area contributed by atoms with Crippen molar-refractivity contribution in [3.05, 3.63) is 0 Å². The highest BCUT2D eigenvalue weighted by atomic mass is 16.8. The fourth-order valence-electron chi connectivity index (χ4n) is 5.84. The molecule has 18 atom stereocenters. The van der Waals surface area contributed by atoms with Crippen LogP contribution in [-0.4, -0.2) is 171 Å². The van der Waals surface area contributed by atoms with Crippen molar-refractivity contribution < 1.29 is 87.9 Å². The van der Waals surface area contributed by atoms with Gasteiger partial charge in [0.2, 0.25) is 0 Å². The first-order chi connectivity index (χ1) is 21.1. The van der Waals surface area contributed by atoms with Gasteiger partial charge in [0.25, 0.3) is 0 Å². The predicted octanol–water partition coefficient (Wildman–Crippen LogP) is -3.41. The third-order valence-corrected chi connectivity index (χ3v) is 8.19. The van der Waals surface area contributed by atoms with Crippen LogP contribution in [0.25, 0.3) is 0 Å². The molecule has 7 N–H and O–H groups in total. The molecule has 5 saturated heterocycles. The maximum Gasteiger partial charge on any atom is 0.509 e. The van der Waals surface area contributed by atoms with Gasteiger partial charge in [0.05, 0.1) is 31.0 Å². The molecule has 0 aliphatic carbocycles. The molecule has 260 valence electrons. The van der Waals surface area contributed by atoms with E-state index < -0.39 is 129 Å². The fraction of sp³-hybridized carbons (Fsp3) is 0.963. The molecule has 18 heteroatoms. The largest absolute Gasteiger partial charge is 0.509 e. The van der Waals surface area contributed by atoms with Crippen LogP contribution in [-0.2, 0) is 47.4 Å². The zero-order chi connectivity index (χ0) is 33.0. The lowest BCUT2D eigenvalue weighted by atomic mass is 9.97. The number of aliphatic hydroxyl groups excluding tert-OH is 7. The summed E-state index contributed by atoms with van der Waals surface area (Å²) in [5.41, 5.74) is -0.710. The number of carbonyl (C=O) groups is 1. The van der Waals surface area contributed by atoms with Crippen LogP contribution in [0.2, 0.25) is 0 Å². The molecular formula is C27H44O18. The second kappa shape index (κ2) is 13.7. The Morgan fingerprint density at radius 1 is 0.600 bits per heavy atom. The Bertz CT molecular complexity index is 1010. The number of hydrogen-bond donors (Lipinski definition) is 7. The molecule has 0 aromatic rings. The van der Waals surface area contributed by atoms with E-state index in [1.807, 2.05) is 0 Å². The highest BCUT2D eigenvalue weighted by Gasteiger charge is 2.57. The van der Waals surface area contributed by atoms with Crippen molar-refractivity contribution in [1.82, 2.24) is 0 Å². The molecule has 0 radical (unpaired) electrons. The van der Waals surface area contributed by atoms with Gasteiger partial charge in [0, 0.05) is 0 Å². The quantitative estimate of drug-likeness (QED) is 0.132. The Hall–Kier alpha value is -1.33. The monoisotopic (exact) mass is 656 g/mol.